The summed E-state index contributed by atoms with van der Waals surface area (Å²) in [6.45, 7) is 1.62. The van der Waals surface area contributed by atoms with Gasteiger partial charge in [0, 0.05) is 13.1 Å². The van der Waals surface area contributed by atoms with Crippen LogP contribution in [0, 0.1) is 17.2 Å². The lowest BCUT2D eigenvalue weighted by molar-refractivity contribution is 0.131. The Hall–Kier alpha value is -1.37. The number of benzene rings is 1. The Bertz CT molecular complexity index is 411. The summed E-state index contributed by atoms with van der Waals surface area (Å²) >= 11 is 0. The first-order valence-electron chi connectivity index (χ1n) is 6.17. The average molecular weight is 230 g/mol. The third-order valence-corrected chi connectivity index (χ3v) is 3.41. The molecule has 2 atom stereocenters. The van der Waals surface area contributed by atoms with Gasteiger partial charge in [0.1, 0.15) is 0 Å². The predicted octanol–water partition coefficient (Wildman–Crippen LogP) is 1.81. The Balaban J connectivity index is 1.80. The minimum absolute atomic E-state index is 0.132. The van der Waals surface area contributed by atoms with Crippen LogP contribution in [0.15, 0.2) is 24.3 Å². The highest BCUT2D eigenvalue weighted by Crippen LogP contribution is 2.24. The highest BCUT2D eigenvalue weighted by molar-refractivity contribution is 5.32. The summed E-state index contributed by atoms with van der Waals surface area (Å²) in [5.74, 6) is 0.397. The van der Waals surface area contributed by atoms with Gasteiger partial charge in [0.25, 0.3) is 0 Å². The molecule has 90 valence electrons. The van der Waals surface area contributed by atoms with Crippen molar-refractivity contribution in [1.29, 1.82) is 5.26 Å². The lowest BCUT2D eigenvalue weighted by Crippen LogP contribution is -2.27. The van der Waals surface area contributed by atoms with Gasteiger partial charge in [0.2, 0.25) is 0 Å². The van der Waals surface area contributed by atoms with Crippen molar-refractivity contribution in [2.24, 2.45) is 5.92 Å². The molecule has 1 saturated carbocycles. The summed E-state index contributed by atoms with van der Waals surface area (Å²) in [7, 11) is 0. The van der Waals surface area contributed by atoms with Crippen molar-refractivity contribution in [3.63, 3.8) is 0 Å². The van der Waals surface area contributed by atoms with E-state index < -0.39 is 0 Å². The Kier molecular flexibility index (Phi) is 4.13. The fraction of sp³-hybridized carbons (Fsp3) is 0.500. The molecule has 1 aromatic rings. The largest absolute Gasteiger partial charge is 0.393 e. The summed E-state index contributed by atoms with van der Waals surface area (Å²) in [4.78, 5) is 0. The van der Waals surface area contributed by atoms with Crippen LogP contribution in [0.2, 0.25) is 0 Å². The first-order valence-corrected chi connectivity index (χ1v) is 6.17. The van der Waals surface area contributed by atoms with Gasteiger partial charge in [0.05, 0.1) is 17.7 Å². The molecule has 3 nitrogen and oxygen atoms in total. The number of aliphatic hydroxyl groups is 1. The summed E-state index contributed by atoms with van der Waals surface area (Å²) < 4.78 is 0. The van der Waals surface area contributed by atoms with Crippen molar-refractivity contribution in [2.45, 2.75) is 31.9 Å². The summed E-state index contributed by atoms with van der Waals surface area (Å²) in [6, 6.07) is 9.76. The fourth-order valence-electron chi connectivity index (χ4n) is 2.41. The number of nitrogens with one attached hydrogen (secondary N) is 1. The molecule has 0 amide bonds. The monoisotopic (exact) mass is 230 g/mol. The number of nitrogens with zero attached hydrogens (tertiary/aromatic N) is 1. The van der Waals surface area contributed by atoms with Gasteiger partial charge in [-0.05, 0) is 36.5 Å². The standard InChI is InChI=1S/C14H18N2O/c15-8-11-3-1-4-12(7-11)9-16-10-13-5-2-6-14(13)17/h1,3-4,7,13-14,16-17H,2,5-6,9-10H2. The van der Waals surface area contributed by atoms with Crippen molar-refractivity contribution >= 4 is 0 Å². The minimum Gasteiger partial charge on any atom is -0.393 e. The molecular weight excluding hydrogens is 212 g/mol. The molecule has 0 saturated heterocycles. The van der Waals surface area contributed by atoms with Gasteiger partial charge in [0.15, 0.2) is 0 Å². The van der Waals surface area contributed by atoms with Crippen LogP contribution in [0.1, 0.15) is 30.4 Å². The molecule has 0 aromatic heterocycles. The normalized spacial score (nSPS) is 23.5. The van der Waals surface area contributed by atoms with E-state index in [2.05, 4.69) is 11.4 Å². The number of hydrogen-bond acceptors (Lipinski definition) is 3. The summed E-state index contributed by atoms with van der Waals surface area (Å²) in [5, 5.41) is 21.8. The van der Waals surface area contributed by atoms with Crippen LogP contribution in [0.4, 0.5) is 0 Å². The predicted molar refractivity (Wildman–Crippen MR) is 66.2 cm³/mol. The second-order valence-corrected chi connectivity index (χ2v) is 4.70. The van der Waals surface area contributed by atoms with Gasteiger partial charge >= 0.3 is 0 Å². The molecule has 0 radical (unpaired) electrons. The van der Waals surface area contributed by atoms with Crippen LogP contribution in [-0.4, -0.2) is 17.8 Å². The van der Waals surface area contributed by atoms with Crippen molar-refractivity contribution in [1.82, 2.24) is 5.32 Å². The van der Waals surface area contributed by atoms with Crippen LogP contribution in [0.25, 0.3) is 0 Å². The quantitative estimate of drug-likeness (QED) is 0.829. The molecule has 0 bridgehead atoms. The van der Waals surface area contributed by atoms with Crippen molar-refractivity contribution < 1.29 is 5.11 Å². The molecule has 0 spiro atoms. The minimum atomic E-state index is -0.132. The third-order valence-electron chi connectivity index (χ3n) is 3.41. The van der Waals surface area contributed by atoms with E-state index in [1.54, 1.807) is 0 Å². The van der Waals surface area contributed by atoms with E-state index in [0.29, 0.717) is 11.5 Å². The average Bonchev–Trinajstić information content (AvgIpc) is 2.76. The molecule has 2 N–H and O–H groups in total. The van der Waals surface area contributed by atoms with Crippen LogP contribution < -0.4 is 5.32 Å². The zero-order chi connectivity index (χ0) is 12.1. The van der Waals surface area contributed by atoms with Gasteiger partial charge in [-0.1, -0.05) is 18.6 Å². The Morgan fingerprint density at radius 1 is 1.41 bits per heavy atom. The number of hydrogen-bond donors (Lipinski definition) is 2. The highest BCUT2D eigenvalue weighted by atomic mass is 16.3. The molecule has 1 aromatic carbocycles. The first kappa shape index (κ1) is 12.1. The molecule has 1 aliphatic carbocycles. The lowest BCUT2D eigenvalue weighted by Gasteiger charge is -2.15. The maximum absolute atomic E-state index is 9.69. The van der Waals surface area contributed by atoms with Gasteiger partial charge in [-0.15, -0.1) is 0 Å². The maximum Gasteiger partial charge on any atom is 0.0991 e. The van der Waals surface area contributed by atoms with Crippen LogP contribution >= 0.6 is 0 Å². The molecule has 3 heteroatoms. The second-order valence-electron chi connectivity index (χ2n) is 4.70. The molecule has 1 fully saturated rings. The summed E-state index contributed by atoms with van der Waals surface area (Å²) in [5.41, 5.74) is 1.82. The molecule has 2 rings (SSSR count). The fourth-order valence-corrected chi connectivity index (χ4v) is 2.41. The Morgan fingerprint density at radius 2 is 2.29 bits per heavy atom. The highest BCUT2D eigenvalue weighted by Gasteiger charge is 2.24. The smallest absolute Gasteiger partial charge is 0.0991 e. The van der Waals surface area contributed by atoms with Gasteiger partial charge in [-0.25, -0.2) is 0 Å². The SMILES string of the molecule is N#Cc1cccc(CNCC2CCCC2O)c1. The van der Waals surface area contributed by atoms with Crippen LogP contribution in [0.5, 0.6) is 0 Å². The van der Waals surface area contributed by atoms with E-state index in [-0.39, 0.29) is 6.10 Å². The molecule has 0 aliphatic heterocycles. The number of rotatable bonds is 4. The van der Waals surface area contributed by atoms with Gasteiger partial charge in [-0.3, -0.25) is 0 Å². The second kappa shape index (κ2) is 5.81. The summed E-state index contributed by atoms with van der Waals surface area (Å²) in [6.07, 6.45) is 3.06. The van der Waals surface area contributed by atoms with Crippen molar-refractivity contribution in [3.05, 3.63) is 35.4 Å². The van der Waals surface area contributed by atoms with Gasteiger partial charge < -0.3 is 10.4 Å². The van der Waals surface area contributed by atoms with E-state index in [9.17, 15) is 5.11 Å². The van der Waals surface area contributed by atoms with Crippen molar-refractivity contribution in [3.8, 4) is 6.07 Å². The van der Waals surface area contributed by atoms with E-state index in [0.717, 1.165) is 37.9 Å². The zero-order valence-corrected chi connectivity index (χ0v) is 9.89. The number of aliphatic hydroxyl groups excluding tert-OH is 1. The molecular formula is C14H18N2O. The maximum atomic E-state index is 9.69. The molecule has 2 unspecified atom stereocenters. The van der Waals surface area contributed by atoms with Gasteiger partial charge in [-0.2, -0.15) is 5.26 Å². The Labute approximate surface area is 102 Å². The van der Waals surface area contributed by atoms with Crippen LogP contribution in [0.3, 0.4) is 0 Å². The molecule has 0 heterocycles. The van der Waals surface area contributed by atoms with Crippen LogP contribution in [-0.2, 0) is 6.54 Å². The van der Waals surface area contributed by atoms with E-state index in [1.165, 1.54) is 0 Å². The first-order chi connectivity index (χ1) is 8.29. The van der Waals surface area contributed by atoms with E-state index in [4.69, 9.17) is 5.26 Å². The third kappa shape index (κ3) is 3.29. The van der Waals surface area contributed by atoms with E-state index >= 15 is 0 Å². The zero-order valence-electron chi connectivity index (χ0n) is 9.89. The lowest BCUT2D eigenvalue weighted by atomic mass is 10.1. The Morgan fingerprint density at radius 3 is 3.00 bits per heavy atom. The number of nitriles is 1. The van der Waals surface area contributed by atoms with E-state index in [1.807, 2.05) is 24.3 Å². The topological polar surface area (TPSA) is 56.0 Å². The molecule has 17 heavy (non-hydrogen) atoms. The van der Waals surface area contributed by atoms with Crippen molar-refractivity contribution in [2.75, 3.05) is 6.54 Å². The molecule has 1 aliphatic rings.